The zero-order valence-electron chi connectivity index (χ0n) is 19.5. The average Bonchev–Trinajstić information content (AvgIpc) is 3.13. The molecular weight excluding hydrogens is 386 g/mol. The van der Waals surface area contributed by atoms with Crippen LogP contribution in [0.15, 0.2) is 30.3 Å². The van der Waals surface area contributed by atoms with Gasteiger partial charge < -0.3 is 9.80 Å². The predicted octanol–water partition coefficient (Wildman–Crippen LogP) is 3.35. The molecule has 0 radical (unpaired) electrons. The third-order valence-corrected chi connectivity index (χ3v) is 6.74. The molecule has 0 aliphatic carbocycles. The summed E-state index contributed by atoms with van der Waals surface area (Å²) in [5.74, 6) is 0.670. The molecule has 6 nitrogen and oxygen atoms in total. The molecule has 6 heteroatoms. The number of anilines is 1. The van der Waals surface area contributed by atoms with Crippen LogP contribution in [0.25, 0.3) is 0 Å². The molecule has 2 aliphatic heterocycles. The Morgan fingerprint density at radius 2 is 1.87 bits per heavy atom. The lowest BCUT2D eigenvalue weighted by atomic mass is 10.0. The van der Waals surface area contributed by atoms with E-state index < -0.39 is 0 Å². The minimum absolute atomic E-state index is 0.133. The molecule has 2 fully saturated rings. The van der Waals surface area contributed by atoms with Crippen LogP contribution >= 0.6 is 0 Å². The largest absolute Gasteiger partial charge is 0.369 e. The fourth-order valence-electron chi connectivity index (χ4n) is 5.09. The number of carbonyl (C=O) groups excluding carboxylic acids is 1. The van der Waals surface area contributed by atoms with E-state index in [0.29, 0.717) is 12.0 Å². The van der Waals surface area contributed by atoms with E-state index in [1.54, 1.807) is 4.68 Å². The van der Waals surface area contributed by atoms with Crippen molar-refractivity contribution in [2.75, 3.05) is 44.2 Å². The summed E-state index contributed by atoms with van der Waals surface area (Å²) in [6, 6.07) is 11.1. The van der Waals surface area contributed by atoms with Gasteiger partial charge in [-0.3, -0.25) is 14.4 Å². The van der Waals surface area contributed by atoms with Gasteiger partial charge in [0.05, 0.1) is 5.69 Å². The zero-order valence-corrected chi connectivity index (χ0v) is 19.5. The first-order valence-electron chi connectivity index (χ1n) is 11.8. The second kappa shape index (κ2) is 9.43. The van der Waals surface area contributed by atoms with Crippen LogP contribution in [0, 0.1) is 12.8 Å². The lowest BCUT2D eigenvalue weighted by molar-refractivity contribution is 0.0553. The number of aryl methyl sites for hydroxylation is 2. The van der Waals surface area contributed by atoms with Gasteiger partial charge in [-0.05, 0) is 49.8 Å². The Hall–Kier alpha value is -2.34. The van der Waals surface area contributed by atoms with Crippen LogP contribution in [0.3, 0.4) is 0 Å². The maximum absolute atomic E-state index is 13.3. The van der Waals surface area contributed by atoms with Crippen molar-refractivity contribution >= 4 is 11.6 Å². The van der Waals surface area contributed by atoms with Gasteiger partial charge >= 0.3 is 0 Å². The van der Waals surface area contributed by atoms with Gasteiger partial charge in [0.25, 0.3) is 5.91 Å². The lowest BCUT2D eigenvalue weighted by Crippen LogP contribution is -2.56. The molecule has 1 aromatic carbocycles. The highest BCUT2D eigenvalue weighted by Gasteiger charge is 2.31. The molecule has 0 N–H and O–H groups in total. The summed E-state index contributed by atoms with van der Waals surface area (Å²) in [6.07, 6.45) is 3.16. The second-order valence-electron chi connectivity index (χ2n) is 9.60. The van der Waals surface area contributed by atoms with Crippen molar-refractivity contribution in [3.63, 3.8) is 0 Å². The number of hydrogen-bond acceptors (Lipinski definition) is 4. The maximum Gasteiger partial charge on any atom is 0.272 e. The first-order valence-corrected chi connectivity index (χ1v) is 11.8. The Kier molecular flexibility index (Phi) is 6.65. The Labute approximate surface area is 186 Å². The summed E-state index contributed by atoms with van der Waals surface area (Å²) >= 11 is 0. The van der Waals surface area contributed by atoms with Crippen LogP contribution in [0.1, 0.15) is 48.4 Å². The van der Waals surface area contributed by atoms with Gasteiger partial charge in [-0.2, -0.15) is 5.10 Å². The van der Waals surface area contributed by atoms with Gasteiger partial charge in [0.2, 0.25) is 0 Å². The minimum atomic E-state index is 0.133. The van der Waals surface area contributed by atoms with E-state index in [0.717, 1.165) is 63.5 Å². The number of carbonyl (C=O) groups is 1. The Balaban J connectivity index is 1.36. The summed E-state index contributed by atoms with van der Waals surface area (Å²) < 4.78 is 1.77. The number of hydrogen-bond donors (Lipinski definition) is 0. The highest BCUT2D eigenvalue weighted by atomic mass is 16.2. The van der Waals surface area contributed by atoms with Crippen LogP contribution in [0.4, 0.5) is 5.69 Å². The van der Waals surface area contributed by atoms with E-state index >= 15 is 0 Å². The molecule has 0 saturated carbocycles. The van der Waals surface area contributed by atoms with E-state index in [-0.39, 0.29) is 5.91 Å². The quantitative estimate of drug-likeness (QED) is 0.740. The molecule has 1 atom stereocenters. The Morgan fingerprint density at radius 3 is 2.58 bits per heavy atom. The van der Waals surface area contributed by atoms with Crippen LogP contribution in [-0.2, 0) is 13.5 Å². The van der Waals surface area contributed by atoms with Crippen molar-refractivity contribution in [3.8, 4) is 0 Å². The fraction of sp³-hybridized carbons (Fsp3) is 0.600. The Bertz CT molecular complexity index is 897. The number of para-hydroxylation sites is 1. The number of rotatable bonds is 5. The highest BCUT2D eigenvalue weighted by molar-refractivity contribution is 5.92. The SMILES string of the molecule is Cc1ccccc1N1CCN([C@H]2CCCN(C(=O)c3cc(CC(C)C)nn3C)C2)CC1. The van der Waals surface area contributed by atoms with Crippen LogP contribution in [0.5, 0.6) is 0 Å². The Morgan fingerprint density at radius 1 is 1.13 bits per heavy atom. The summed E-state index contributed by atoms with van der Waals surface area (Å²) in [6.45, 7) is 12.5. The molecule has 31 heavy (non-hydrogen) atoms. The molecule has 1 amide bonds. The summed E-state index contributed by atoms with van der Waals surface area (Å²) in [5.41, 5.74) is 4.44. The molecule has 2 saturated heterocycles. The van der Waals surface area contributed by atoms with Gasteiger partial charge in [-0.25, -0.2) is 0 Å². The van der Waals surface area contributed by atoms with Crippen molar-refractivity contribution in [1.29, 1.82) is 0 Å². The molecule has 4 rings (SSSR count). The summed E-state index contributed by atoms with van der Waals surface area (Å²) in [5, 5.41) is 4.57. The second-order valence-corrected chi connectivity index (χ2v) is 9.60. The molecule has 0 spiro atoms. The van der Waals surface area contributed by atoms with E-state index in [4.69, 9.17) is 0 Å². The minimum Gasteiger partial charge on any atom is -0.369 e. The number of aromatic nitrogens is 2. The van der Waals surface area contributed by atoms with E-state index in [2.05, 4.69) is 64.8 Å². The number of amides is 1. The number of piperidine rings is 1. The molecule has 0 bridgehead atoms. The van der Waals surface area contributed by atoms with Crippen molar-refractivity contribution in [2.24, 2.45) is 13.0 Å². The topological polar surface area (TPSA) is 44.6 Å². The van der Waals surface area contributed by atoms with E-state index in [9.17, 15) is 4.79 Å². The van der Waals surface area contributed by atoms with E-state index in [1.807, 2.05) is 13.1 Å². The monoisotopic (exact) mass is 423 g/mol. The molecule has 1 aromatic heterocycles. The molecule has 2 aliphatic rings. The first-order chi connectivity index (χ1) is 14.9. The average molecular weight is 424 g/mol. The number of nitrogens with zero attached hydrogens (tertiary/aromatic N) is 5. The van der Waals surface area contributed by atoms with Crippen LogP contribution in [0.2, 0.25) is 0 Å². The highest BCUT2D eigenvalue weighted by Crippen LogP contribution is 2.24. The van der Waals surface area contributed by atoms with Gasteiger partial charge in [0.1, 0.15) is 5.69 Å². The fourth-order valence-corrected chi connectivity index (χ4v) is 5.09. The third-order valence-electron chi connectivity index (χ3n) is 6.74. The molecule has 2 aromatic rings. The summed E-state index contributed by atoms with van der Waals surface area (Å²) in [7, 11) is 1.89. The number of benzene rings is 1. The van der Waals surface area contributed by atoms with Gasteiger partial charge in [0, 0.05) is 58.0 Å². The molecular formula is C25H37N5O. The lowest BCUT2D eigenvalue weighted by Gasteiger charge is -2.44. The van der Waals surface area contributed by atoms with Crippen molar-refractivity contribution in [2.45, 2.75) is 46.1 Å². The zero-order chi connectivity index (χ0) is 22.0. The van der Waals surface area contributed by atoms with Crippen molar-refractivity contribution in [3.05, 3.63) is 47.3 Å². The van der Waals surface area contributed by atoms with Crippen LogP contribution < -0.4 is 4.90 Å². The predicted molar refractivity (Wildman–Crippen MR) is 126 cm³/mol. The normalized spacial score (nSPS) is 20.5. The van der Waals surface area contributed by atoms with Gasteiger partial charge in [0.15, 0.2) is 0 Å². The third kappa shape index (κ3) is 4.95. The van der Waals surface area contributed by atoms with Gasteiger partial charge in [-0.15, -0.1) is 0 Å². The van der Waals surface area contributed by atoms with E-state index in [1.165, 1.54) is 17.7 Å². The smallest absolute Gasteiger partial charge is 0.272 e. The molecule has 3 heterocycles. The standard InChI is InChI=1S/C25H37N5O/c1-19(2)16-21-17-24(27(4)26-21)25(31)30-11-7-9-22(18-30)28-12-14-29(15-13-28)23-10-6-5-8-20(23)3/h5-6,8,10,17,19,22H,7,9,11-16,18H2,1-4H3/t22-/m0/s1. The van der Waals surface area contributed by atoms with Crippen LogP contribution in [-0.4, -0.2) is 70.8 Å². The van der Waals surface area contributed by atoms with Crippen molar-refractivity contribution in [1.82, 2.24) is 19.6 Å². The number of likely N-dealkylation sites (tertiary alicyclic amines) is 1. The molecule has 168 valence electrons. The molecule has 0 unspecified atom stereocenters. The van der Waals surface area contributed by atoms with Crippen molar-refractivity contribution < 1.29 is 4.79 Å². The maximum atomic E-state index is 13.3. The van der Waals surface area contributed by atoms with Gasteiger partial charge in [-0.1, -0.05) is 32.0 Å². The first kappa shape index (κ1) is 21.9. The summed E-state index contributed by atoms with van der Waals surface area (Å²) in [4.78, 5) is 20.4. The number of piperazine rings is 1.